The molecule has 10 heteroatoms. The highest BCUT2D eigenvalue weighted by atomic mass is 32.2. The fourth-order valence-electron chi connectivity index (χ4n) is 3.74. The van der Waals surface area contributed by atoms with Crippen LogP contribution in [0, 0.1) is 0 Å². The third kappa shape index (κ3) is 3.14. The molecule has 0 radical (unpaired) electrons. The molecular formula is C20H19N5O2S3. The number of hydrogen-bond acceptors (Lipinski definition) is 7. The summed E-state index contributed by atoms with van der Waals surface area (Å²) in [4.78, 5) is 27.2. The van der Waals surface area contributed by atoms with Crippen molar-refractivity contribution in [1.29, 1.82) is 0 Å². The van der Waals surface area contributed by atoms with E-state index in [9.17, 15) is 9.59 Å². The quantitative estimate of drug-likeness (QED) is 0.473. The minimum atomic E-state index is -0.423. The maximum atomic E-state index is 13.8. The molecule has 0 spiro atoms. The van der Waals surface area contributed by atoms with Gasteiger partial charge < -0.3 is 5.73 Å². The monoisotopic (exact) mass is 457 g/mol. The van der Waals surface area contributed by atoms with Crippen molar-refractivity contribution in [3.63, 3.8) is 0 Å². The summed E-state index contributed by atoms with van der Waals surface area (Å²) < 4.78 is 3.58. The molecule has 4 aromatic rings. The third-order valence-corrected chi connectivity index (χ3v) is 8.77. The first-order valence-electron chi connectivity index (χ1n) is 9.40. The number of amides is 1. The highest BCUT2D eigenvalue weighted by molar-refractivity contribution is 8.00. The molecule has 0 unspecified atom stereocenters. The minimum Gasteiger partial charge on any atom is -0.369 e. The van der Waals surface area contributed by atoms with Gasteiger partial charge in [0.15, 0.2) is 5.16 Å². The number of nitrogens with zero attached hydrogens (tertiary/aromatic N) is 4. The van der Waals surface area contributed by atoms with Crippen LogP contribution >= 0.6 is 34.9 Å². The van der Waals surface area contributed by atoms with Crippen molar-refractivity contribution >= 4 is 56.8 Å². The summed E-state index contributed by atoms with van der Waals surface area (Å²) in [5.41, 5.74) is 7.12. The molecule has 4 heterocycles. The average Bonchev–Trinajstić information content (AvgIpc) is 3.28. The van der Waals surface area contributed by atoms with E-state index in [2.05, 4.69) is 24.0 Å². The van der Waals surface area contributed by atoms with Crippen LogP contribution in [0.25, 0.3) is 21.7 Å². The van der Waals surface area contributed by atoms with E-state index in [4.69, 9.17) is 5.73 Å². The summed E-state index contributed by atoms with van der Waals surface area (Å²) in [6, 6.07) is 9.47. The lowest BCUT2D eigenvalue weighted by Gasteiger charge is -2.28. The highest BCUT2D eigenvalue weighted by Gasteiger charge is 2.32. The van der Waals surface area contributed by atoms with Crippen LogP contribution < -0.4 is 11.3 Å². The largest absolute Gasteiger partial charge is 0.369 e. The van der Waals surface area contributed by atoms with Crippen LogP contribution in [-0.2, 0) is 17.0 Å². The van der Waals surface area contributed by atoms with Crippen LogP contribution in [0.1, 0.15) is 24.3 Å². The molecule has 5 rings (SSSR count). The summed E-state index contributed by atoms with van der Waals surface area (Å²) in [5.74, 6) is 0.991. The van der Waals surface area contributed by atoms with E-state index in [0.717, 1.165) is 33.6 Å². The summed E-state index contributed by atoms with van der Waals surface area (Å²) in [6.07, 6.45) is 0.828. The number of carbonyl (C=O) groups excluding carboxylic acids is 1. The SMILES string of the molecule is CC1(C)Cc2c(sc3c2c(=O)n(-c2ccccc2)c2nnc(SCC(N)=O)n32)CS1. The fourth-order valence-corrected chi connectivity index (χ4v) is 6.93. The van der Waals surface area contributed by atoms with Crippen molar-refractivity contribution in [1.82, 2.24) is 19.2 Å². The lowest BCUT2D eigenvalue weighted by Crippen LogP contribution is -2.26. The molecule has 154 valence electrons. The lowest BCUT2D eigenvalue weighted by molar-refractivity contribution is -0.115. The standard InChI is InChI=1S/C20H19N5O2S3/c1-20(2)8-12-13(9-29-20)30-17-15(12)16(27)24(11-6-4-3-5-7-11)18-22-23-19(25(17)18)28-10-14(21)26/h3-7H,8-10H2,1-2H3,(H2,21,26). The molecule has 0 bridgehead atoms. The molecule has 1 aromatic carbocycles. The molecule has 0 saturated heterocycles. The van der Waals surface area contributed by atoms with Crippen molar-refractivity contribution in [3.8, 4) is 5.69 Å². The zero-order chi connectivity index (χ0) is 21.0. The van der Waals surface area contributed by atoms with E-state index < -0.39 is 5.91 Å². The molecule has 3 aromatic heterocycles. The van der Waals surface area contributed by atoms with Crippen molar-refractivity contribution in [2.75, 3.05) is 5.75 Å². The summed E-state index contributed by atoms with van der Waals surface area (Å²) in [5, 5.41) is 9.89. The van der Waals surface area contributed by atoms with E-state index in [1.165, 1.54) is 16.6 Å². The normalized spacial score (nSPS) is 15.5. The van der Waals surface area contributed by atoms with Crippen LogP contribution in [0.2, 0.25) is 0 Å². The Bertz CT molecular complexity index is 1350. The molecule has 1 amide bonds. The van der Waals surface area contributed by atoms with Gasteiger partial charge in [0.2, 0.25) is 11.7 Å². The van der Waals surface area contributed by atoms with Crippen molar-refractivity contribution < 1.29 is 4.79 Å². The average molecular weight is 458 g/mol. The van der Waals surface area contributed by atoms with Gasteiger partial charge in [0.05, 0.1) is 16.8 Å². The van der Waals surface area contributed by atoms with Crippen LogP contribution in [0.3, 0.4) is 0 Å². The topological polar surface area (TPSA) is 95.3 Å². The number of hydrogen-bond donors (Lipinski definition) is 1. The van der Waals surface area contributed by atoms with Gasteiger partial charge in [0, 0.05) is 15.4 Å². The Morgan fingerprint density at radius 2 is 2.03 bits per heavy atom. The van der Waals surface area contributed by atoms with Gasteiger partial charge in [0.1, 0.15) is 4.83 Å². The molecule has 0 fully saturated rings. The maximum Gasteiger partial charge on any atom is 0.268 e. The Kier molecular flexibility index (Phi) is 4.68. The van der Waals surface area contributed by atoms with E-state index in [1.54, 1.807) is 15.9 Å². The first-order chi connectivity index (χ1) is 14.4. The Morgan fingerprint density at radius 3 is 2.77 bits per heavy atom. The number of rotatable bonds is 4. The Hall–Kier alpha value is -2.30. The second kappa shape index (κ2) is 7.14. The molecule has 7 nitrogen and oxygen atoms in total. The van der Waals surface area contributed by atoms with Gasteiger partial charge in [-0.15, -0.1) is 33.3 Å². The second-order valence-corrected chi connectivity index (χ2v) is 11.5. The maximum absolute atomic E-state index is 13.8. The van der Waals surface area contributed by atoms with Gasteiger partial charge in [-0.2, -0.15) is 0 Å². The molecule has 2 N–H and O–H groups in total. The zero-order valence-electron chi connectivity index (χ0n) is 16.4. The first kappa shape index (κ1) is 19.7. The lowest BCUT2D eigenvalue weighted by atomic mass is 10.00. The van der Waals surface area contributed by atoms with Gasteiger partial charge in [-0.25, -0.2) is 8.97 Å². The van der Waals surface area contributed by atoms with Gasteiger partial charge in [0.25, 0.3) is 5.56 Å². The van der Waals surface area contributed by atoms with Gasteiger partial charge >= 0.3 is 0 Å². The highest BCUT2D eigenvalue weighted by Crippen LogP contribution is 2.44. The van der Waals surface area contributed by atoms with Crippen LogP contribution in [0.15, 0.2) is 40.3 Å². The fraction of sp³-hybridized carbons (Fsp3) is 0.300. The predicted octanol–water partition coefficient (Wildman–Crippen LogP) is 3.24. The number of nitrogens with two attached hydrogens (primary N) is 1. The Labute approximate surface area is 184 Å². The summed E-state index contributed by atoms with van der Waals surface area (Å²) in [6.45, 7) is 4.43. The molecule has 1 aliphatic heterocycles. The number of aromatic nitrogens is 4. The number of primary amides is 1. The summed E-state index contributed by atoms with van der Waals surface area (Å²) in [7, 11) is 0. The molecule has 1 aliphatic rings. The van der Waals surface area contributed by atoms with Crippen LogP contribution in [0.4, 0.5) is 0 Å². The smallest absolute Gasteiger partial charge is 0.268 e. The van der Waals surface area contributed by atoms with Crippen molar-refractivity contribution in [2.45, 2.75) is 35.9 Å². The number of para-hydroxylation sites is 1. The van der Waals surface area contributed by atoms with Crippen LogP contribution in [-0.4, -0.2) is 35.6 Å². The molecular weight excluding hydrogens is 438 g/mol. The third-order valence-electron chi connectivity index (χ3n) is 5.06. The predicted molar refractivity (Wildman–Crippen MR) is 123 cm³/mol. The Morgan fingerprint density at radius 1 is 1.27 bits per heavy atom. The number of thioether (sulfide) groups is 2. The van der Waals surface area contributed by atoms with Crippen LogP contribution in [0.5, 0.6) is 0 Å². The molecule has 0 atom stereocenters. The van der Waals surface area contributed by atoms with Crippen molar-refractivity contribution in [2.24, 2.45) is 5.73 Å². The Balaban J connectivity index is 1.88. The van der Waals surface area contributed by atoms with Gasteiger partial charge in [-0.3, -0.25) is 9.59 Å². The second-order valence-electron chi connectivity index (χ2n) is 7.76. The minimum absolute atomic E-state index is 0.0662. The molecule has 0 aliphatic carbocycles. The number of carbonyl (C=O) groups is 1. The van der Waals surface area contributed by atoms with E-state index in [0.29, 0.717) is 10.9 Å². The summed E-state index contributed by atoms with van der Waals surface area (Å²) >= 11 is 4.76. The number of benzene rings is 1. The molecule has 0 saturated carbocycles. The first-order valence-corrected chi connectivity index (χ1v) is 12.2. The zero-order valence-corrected chi connectivity index (χ0v) is 18.9. The van der Waals surface area contributed by atoms with Gasteiger partial charge in [-0.05, 0) is 24.1 Å². The number of thiophene rings is 1. The van der Waals surface area contributed by atoms with Crippen molar-refractivity contribution in [3.05, 3.63) is 51.1 Å². The van der Waals surface area contributed by atoms with E-state index >= 15 is 0 Å². The van der Waals surface area contributed by atoms with E-state index in [1.807, 2.05) is 46.5 Å². The van der Waals surface area contributed by atoms with E-state index in [-0.39, 0.29) is 16.1 Å². The number of fused-ring (bicyclic) bond motifs is 5. The molecule has 30 heavy (non-hydrogen) atoms. The van der Waals surface area contributed by atoms with Gasteiger partial charge in [-0.1, -0.05) is 43.8 Å².